The fraction of sp³-hybridized carbons (Fsp3) is 0.0769. The molecule has 88 valence electrons. The molecule has 2 aromatic rings. The molecule has 0 bridgehead atoms. The fourth-order valence-electron chi connectivity index (χ4n) is 1.38. The number of halogens is 1. The zero-order chi connectivity index (χ0) is 11.2. The second-order valence-electron chi connectivity index (χ2n) is 3.41. The largest absolute Gasteiger partial charge is 1.00 e. The van der Waals surface area contributed by atoms with Crippen molar-refractivity contribution in [3.8, 4) is 0 Å². The highest BCUT2D eigenvalue weighted by Gasteiger charge is 2.03. The van der Waals surface area contributed by atoms with Gasteiger partial charge >= 0.3 is 0 Å². The van der Waals surface area contributed by atoms with Crippen molar-refractivity contribution in [1.29, 1.82) is 0 Å². The minimum atomic E-state index is -0.100. The van der Waals surface area contributed by atoms with Crippen molar-refractivity contribution in [2.45, 2.75) is 6.54 Å². The Labute approximate surface area is 106 Å². The summed E-state index contributed by atoms with van der Waals surface area (Å²) < 4.78 is 0. The van der Waals surface area contributed by atoms with Crippen LogP contribution in [0.1, 0.15) is 15.9 Å². The fourth-order valence-corrected chi connectivity index (χ4v) is 1.38. The molecule has 1 N–H and O–H groups in total. The van der Waals surface area contributed by atoms with E-state index in [0.717, 1.165) is 5.56 Å². The predicted octanol–water partition coefficient (Wildman–Crippen LogP) is -0.984. The third kappa shape index (κ3) is 3.89. The van der Waals surface area contributed by atoms with Gasteiger partial charge in [-0.05, 0) is 17.7 Å². The second kappa shape index (κ2) is 6.66. The van der Waals surface area contributed by atoms with E-state index in [2.05, 4.69) is 10.3 Å². The molecular formula is C13H12ClN2O-. The minimum absolute atomic E-state index is 0. The van der Waals surface area contributed by atoms with Crippen molar-refractivity contribution < 1.29 is 17.2 Å². The first-order valence-corrected chi connectivity index (χ1v) is 5.08. The highest BCUT2D eigenvalue weighted by atomic mass is 35.5. The van der Waals surface area contributed by atoms with Crippen molar-refractivity contribution in [2.24, 2.45) is 0 Å². The first-order valence-electron chi connectivity index (χ1n) is 5.08. The van der Waals surface area contributed by atoms with E-state index in [-0.39, 0.29) is 18.3 Å². The maximum Gasteiger partial charge on any atom is 0.253 e. The van der Waals surface area contributed by atoms with Gasteiger partial charge in [-0.2, -0.15) is 0 Å². The van der Waals surface area contributed by atoms with Gasteiger partial charge in [0.2, 0.25) is 0 Å². The Hall–Kier alpha value is -1.87. The van der Waals surface area contributed by atoms with Gasteiger partial charge in [-0.3, -0.25) is 9.78 Å². The summed E-state index contributed by atoms with van der Waals surface area (Å²) >= 11 is 0. The van der Waals surface area contributed by atoms with E-state index in [4.69, 9.17) is 0 Å². The van der Waals surface area contributed by atoms with Crippen LogP contribution < -0.4 is 17.7 Å². The first-order chi connectivity index (χ1) is 7.86. The molecule has 0 atom stereocenters. The molecular weight excluding hydrogens is 236 g/mol. The van der Waals surface area contributed by atoms with Crippen LogP contribution in [-0.2, 0) is 6.54 Å². The van der Waals surface area contributed by atoms with E-state index < -0.39 is 0 Å². The van der Waals surface area contributed by atoms with E-state index in [9.17, 15) is 4.79 Å². The van der Waals surface area contributed by atoms with Crippen LogP contribution in [0.3, 0.4) is 0 Å². The van der Waals surface area contributed by atoms with Gasteiger partial charge in [0.05, 0.1) is 5.56 Å². The van der Waals surface area contributed by atoms with E-state index in [1.807, 2.05) is 30.3 Å². The number of nitrogens with one attached hydrogen (secondary N) is 1. The lowest BCUT2D eigenvalue weighted by molar-refractivity contribution is -0.0000116. The summed E-state index contributed by atoms with van der Waals surface area (Å²) in [6.07, 6.45) is 3.20. The maximum atomic E-state index is 11.7. The number of hydrogen-bond donors (Lipinski definition) is 1. The average Bonchev–Trinajstić information content (AvgIpc) is 2.38. The van der Waals surface area contributed by atoms with E-state index in [1.54, 1.807) is 24.5 Å². The van der Waals surface area contributed by atoms with Crippen LogP contribution in [0.2, 0.25) is 0 Å². The van der Waals surface area contributed by atoms with Crippen molar-refractivity contribution in [3.63, 3.8) is 0 Å². The van der Waals surface area contributed by atoms with E-state index >= 15 is 0 Å². The molecule has 2 rings (SSSR count). The average molecular weight is 248 g/mol. The van der Waals surface area contributed by atoms with Gasteiger partial charge in [-0.25, -0.2) is 0 Å². The van der Waals surface area contributed by atoms with E-state index in [0.29, 0.717) is 12.1 Å². The van der Waals surface area contributed by atoms with Crippen LogP contribution in [-0.4, -0.2) is 10.9 Å². The van der Waals surface area contributed by atoms with Crippen LogP contribution in [0.4, 0.5) is 0 Å². The summed E-state index contributed by atoms with van der Waals surface area (Å²) in [6, 6.07) is 13.3. The Morgan fingerprint density at radius 1 is 1.12 bits per heavy atom. The number of carbonyl (C=O) groups is 1. The zero-order valence-corrected chi connectivity index (χ0v) is 9.89. The molecule has 0 unspecified atom stereocenters. The lowest BCUT2D eigenvalue weighted by Gasteiger charge is -2.04. The van der Waals surface area contributed by atoms with Crippen LogP contribution in [0.5, 0.6) is 0 Å². The Kier molecular flexibility index (Phi) is 5.17. The van der Waals surface area contributed by atoms with Gasteiger partial charge in [0.15, 0.2) is 0 Å². The quantitative estimate of drug-likeness (QED) is 0.757. The molecule has 1 amide bonds. The molecule has 1 aromatic carbocycles. The summed E-state index contributed by atoms with van der Waals surface area (Å²) in [7, 11) is 0. The van der Waals surface area contributed by atoms with Gasteiger partial charge in [0.1, 0.15) is 0 Å². The zero-order valence-electron chi connectivity index (χ0n) is 9.14. The van der Waals surface area contributed by atoms with Gasteiger partial charge in [-0.1, -0.05) is 30.3 Å². The third-order valence-corrected chi connectivity index (χ3v) is 2.22. The van der Waals surface area contributed by atoms with E-state index in [1.165, 1.54) is 0 Å². The summed E-state index contributed by atoms with van der Waals surface area (Å²) in [6.45, 7) is 0.536. The Morgan fingerprint density at radius 3 is 2.53 bits per heavy atom. The number of aromatic nitrogens is 1. The number of pyridine rings is 1. The number of carbonyl (C=O) groups excluding carboxylic acids is 1. The minimum Gasteiger partial charge on any atom is -1.00 e. The number of nitrogens with zero attached hydrogens (tertiary/aromatic N) is 1. The molecule has 1 heterocycles. The highest BCUT2D eigenvalue weighted by Crippen LogP contribution is 1.99. The SMILES string of the molecule is O=C(NCc1ccccc1)c1cccnc1.[Cl-]. The normalized spacial score (nSPS) is 9.18. The van der Waals surface area contributed by atoms with Gasteiger partial charge in [0.25, 0.3) is 5.91 Å². The number of amides is 1. The van der Waals surface area contributed by atoms with Crippen molar-refractivity contribution in [2.75, 3.05) is 0 Å². The van der Waals surface area contributed by atoms with Crippen molar-refractivity contribution in [1.82, 2.24) is 10.3 Å². The smallest absolute Gasteiger partial charge is 0.253 e. The number of hydrogen-bond acceptors (Lipinski definition) is 2. The lowest BCUT2D eigenvalue weighted by Crippen LogP contribution is -3.00. The molecule has 0 saturated carbocycles. The monoisotopic (exact) mass is 247 g/mol. The topological polar surface area (TPSA) is 42.0 Å². The van der Waals surface area contributed by atoms with Gasteiger partial charge in [-0.15, -0.1) is 0 Å². The molecule has 0 fully saturated rings. The molecule has 0 saturated heterocycles. The van der Waals surface area contributed by atoms with Gasteiger partial charge in [0, 0.05) is 18.9 Å². The first kappa shape index (κ1) is 13.2. The molecule has 1 aromatic heterocycles. The van der Waals surface area contributed by atoms with Crippen LogP contribution in [0.25, 0.3) is 0 Å². The summed E-state index contributed by atoms with van der Waals surface area (Å²) in [5.74, 6) is -0.100. The molecule has 0 spiro atoms. The Bertz CT molecular complexity index is 459. The molecule has 0 aliphatic rings. The maximum absolute atomic E-state index is 11.7. The van der Waals surface area contributed by atoms with Crippen LogP contribution in [0.15, 0.2) is 54.9 Å². The molecule has 4 heteroatoms. The van der Waals surface area contributed by atoms with Crippen molar-refractivity contribution >= 4 is 5.91 Å². The predicted molar refractivity (Wildman–Crippen MR) is 61.8 cm³/mol. The summed E-state index contributed by atoms with van der Waals surface area (Å²) in [5.41, 5.74) is 1.66. The number of rotatable bonds is 3. The van der Waals surface area contributed by atoms with Crippen LogP contribution in [0, 0.1) is 0 Å². The molecule has 0 aliphatic carbocycles. The standard InChI is InChI=1S/C13H12N2O.ClH/c16-13(12-7-4-8-14-10-12)15-9-11-5-2-1-3-6-11;/h1-8,10H,9H2,(H,15,16);1H/p-1. The second-order valence-corrected chi connectivity index (χ2v) is 3.41. The molecule has 0 radical (unpaired) electrons. The Balaban J connectivity index is 0.00000144. The Morgan fingerprint density at radius 2 is 1.88 bits per heavy atom. The van der Waals surface area contributed by atoms with Gasteiger partial charge < -0.3 is 17.7 Å². The summed E-state index contributed by atoms with van der Waals surface area (Å²) in [4.78, 5) is 15.6. The molecule has 0 aliphatic heterocycles. The molecule has 3 nitrogen and oxygen atoms in total. The third-order valence-electron chi connectivity index (χ3n) is 2.22. The highest BCUT2D eigenvalue weighted by molar-refractivity contribution is 5.93. The van der Waals surface area contributed by atoms with Crippen molar-refractivity contribution in [3.05, 3.63) is 66.0 Å². The molecule has 17 heavy (non-hydrogen) atoms. The lowest BCUT2D eigenvalue weighted by atomic mass is 10.2. The summed E-state index contributed by atoms with van der Waals surface area (Å²) in [5, 5.41) is 2.84. The van der Waals surface area contributed by atoms with Crippen LogP contribution >= 0.6 is 0 Å². The number of benzene rings is 1.